The zero-order chi connectivity index (χ0) is 16.2. The molecule has 2 aliphatic rings. The Kier molecular flexibility index (Phi) is 4.65. The van der Waals surface area contributed by atoms with Crippen LogP contribution in [0.4, 0.5) is 4.79 Å². The van der Waals surface area contributed by atoms with E-state index in [1.807, 2.05) is 17.0 Å². The Morgan fingerprint density at radius 1 is 1.17 bits per heavy atom. The van der Waals surface area contributed by atoms with Gasteiger partial charge >= 0.3 is 6.03 Å². The minimum Gasteiger partial charge on any atom is -0.366 e. The van der Waals surface area contributed by atoms with Gasteiger partial charge in [-0.3, -0.25) is 4.79 Å². The van der Waals surface area contributed by atoms with Crippen LogP contribution in [0.5, 0.6) is 0 Å². The van der Waals surface area contributed by atoms with Gasteiger partial charge < -0.3 is 16.0 Å². The van der Waals surface area contributed by atoms with Gasteiger partial charge in [-0.15, -0.1) is 0 Å². The van der Waals surface area contributed by atoms with Crippen molar-refractivity contribution in [1.82, 2.24) is 10.2 Å². The summed E-state index contributed by atoms with van der Waals surface area (Å²) in [5.74, 6) is 0.820. The van der Waals surface area contributed by atoms with E-state index in [2.05, 4.69) is 17.5 Å². The smallest absolute Gasteiger partial charge is 0.317 e. The first-order valence-corrected chi connectivity index (χ1v) is 8.20. The van der Waals surface area contributed by atoms with Crippen molar-refractivity contribution in [3.05, 3.63) is 47.5 Å². The summed E-state index contributed by atoms with van der Waals surface area (Å²) >= 11 is 0. The third kappa shape index (κ3) is 3.73. The third-order valence-electron chi connectivity index (χ3n) is 4.81. The van der Waals surface area contributed by atoms with Crippen LogP contribution in [0.25, 0.3) is 0 Å². The topological polar surface area (TPSA) is 75.4 Å². The molecule has 3 N–H and O–H groups in total. The number of nitrogens with zero attached hydrogens (tertiary/aromatic N) is 1. The number of benzene rings is 1. The molecular formula is C18H23N3O2. The molecule has 0 radical (unpaired) electrons. The van der Waals surface area contributed by atoms with Crippen molar-refractivity contribution in [2.45, 2.75) is 19.3 Å². The van der Waals surface area contributed by atoms with Crippen molar-refractivity contribution in [1.29, 1.82) is 0 Å². The van der Waals surface area contributed by atoms with Crippen LogP contribution in [-0.4, -0.2) is 36.5 Å². The molecule has 5 heteroatoms. The third-order valence-corrected chi connectivity index (χ3v) is 4.81. The van der Waals surface area contributed by atoms with Gasteiger partial charge in [0.1, 0.15) is 0 Å². The maximum absolute atomic E-state index is 12.3. The first-order valence-electron chi connectivity index (χ1n) is 8.20. The first kappa shape index (κ1) is 15.6. The molecule has 0 aromatic heterocycles. The maximum Gasteiger partial charge on any atom is 0.317 e. The number of carbonyl (C=O) groups excluding carboxylic acids is 2. The Morgan fingerprint density at radius 2 is 1.87 bits per heavy atom. The van der Waals surface area contributed by atoms with E-state index in [1.54, 1.807) is 12.1 Å². The summed E-state index contributed by atoms with van der Waals surface area (Å²) in [6.07, 6.45) is 7.33. The van der Waals surface area contributed by atoms with Crippen LogP contribution >= 0.6 is 0 Å². The van der Waals surface area contributed by atoms with E-state index in [9.17, 15) is 9.59 Å². The number of likely N-dealkylation sites (tertiary alicyclic amines) is 1. The highest BCUT2D eigenvalue weighted by Gasteiger charge is 2.34. The lowest BCUT2D eigenvalue weighted by Crippen LogP contribution is -2.39. The van der Waals surface area contributed by atoms with E-state index in [0.717, 1.165) is 31.5 Å². The second-order valence-electron chi connectivity index (χ2n) is 6.41. The Balaban J connectivity index is 1.46. The molecule has 1 aromatic carbocycles. The van der Waals surface area contributed by atoms with Gasteiger partial charge in [0.2, 0.25) is 5.91 Å². The van der Waals surface area contributed by atoms with E-state index in [-0.39, 0.29) is 6.03 Å². The van der Waals surface area contributed by atoms with Gasteiger partial charge in [-0.2, -0.15) is 0 Å². The fraction of sp³-hybridized carbons (Fsp3) is 0.444. The lowest BCUT2D eigenvalue weighted by molar-refractivity contribution is 0.1000. The van der Waals surface area contributed by atoms with Crippen molar-refractivity contribution in [3.8, 4) is 0 Å². The van der Waals surface area contributed by atoms with E-state index < -0.39 is 5.91 Å². The average Bonchev–Trinajstić information content (AvgIpc) is 2.99. The molecule has 5 nitrogen and oxygen atoms in total. The lowest BCUT2D eigenvalue weighted by Gasteiger charge is -2.17. The number of nitrogens with two attached hydrogens (primary N) is 1. The van der Waals surface area contributed by atoms with Gasteiger partial charge in [0.05, 0.1) is 0 Å². The molecule has 1 fully saturated rings. The molecule has 1 saturated heterocycles. The normalized spacial score (nSPS) is 22.7. The minimum atomic E-state index is -0.427. The van der Waals surface area contributed by atoms with Crippen molar-refractivity contribution < 1.29 is 9.59 Å². The summed E-state index contributed by atoms with van der Waals surface area (Å²) in [4.78, 5) is 25.4. The van der Waals surface area contributed by atoms with Crippen LogP contribution < -0.4 is 11.1 Å². The molecule has 1 aromatic rings. The summed E-state index contributed by atoms with van der Waals surface area (Å²) in [5, 5.41) is 2.98. The molecule has 0 saturated carbocycles. The molecule has 2 atom stereocenters. The molecule has 0 spiro atoms. The number of hydrogen-bond acceptors (Lipinski definition) is 2. The number of urea groups is 1. The van der Waals surface area contributed by atoms with Crippen molar-refractivity contribution in [2.75, 3.05) is 19.6 Å². The second kappa shape index (κ2) is 6.86. The number of primary amides is 1. The quantitative estimate of drug-likeness (QED) is 0.834. The monoisotopic (exact) mass is 313 g/mol. The van der Waals surface area contributed by atoms with Crippen LogP contribution in [0.15, 0.2) is 36.4 Å². The minimum absolute atomic E-state index is 0.0189. The van der Waals surface area contributed by atoms with E-state index >= 15 is 0 Å². The second-order valence-corrected chi connectivity index (χ2v) is 6.41. The summed E-state index contributed by atoms with van der Waals surface area (Å²) in [6.45, 7) is 2.28. The molecule has 3 rings (SSSR count). The molecule has 0 bridgehead atoms. The van der Waals surface area contributed by atoms with Gasteiger partial charge in [-0.1, -0.05) is 24.3 Å². The summed E-state index contributed by atoms with van der Waals surface area (Å²) in [5.41, 5.74) is 6.78. The highest BCUT2D eigenvalue weighted by atomic mass is 16.2. The van der Waals surface area contributed by atoms with Crippen molar-refractivity contribution in [2.24, 2.45) is 17.6 Å². The van der Waals surface area contributed by atoms with Crippen molar-refractivity contribution in [3.63, 3.8) is 0 Å². The number of carbonyl (C=O) groups is 2. The zero-order valence-corrected chi connectivity index (χ0v) is 13.2. The molecule has 1 aliphatic heterocycles. The zero-order valence-electron chi connectivity index (χ0n) is 13.2. The average molecular weight is 313 g/mol. The largest absolute Gasteiger partial charge is 0.366 e. The van der Waals surface area contributed by atoms with E-state index in [1.165, 1.54) is 0 Å². The highest BCUT2D eigenvalue weighted by molar-refractivity contribution is 5.92. The summed E-state index contributed by atoms with van der Waals surface area (Å²) in [7, 11) is 0. The first-order chi connectivity index (χ1) is 11.1. The fourth-order valence-electron chi connectivity index (χ4n) is 3.49. The summed E-state index contributed by atoms with van der Waals surface area (Å²) in [6, 6.07) is 7.25. The molecular weight excluding hydrogens is 290 g/mol. The van der Waals surface area contributed by atoms with Crippen LogP contribution in [0.1, 0.15) is 28.8 Å². The van der Waals surface area contributed by atoms with Gasteiger partial charge in [0, 0.05) is 25.2 Å². The Hall–Kier alpha value is -2.30. The lowest BCUT2D eigenvalue weighted by atomic mass is 9.86. The molecule has 3 amide bonds. The van der Waals surface area contributed by atoms with E-state index in [4.69, 9.17) is 5.73 Å². The van der Waals surface area contributed by atoms with Gasteiger partial charge in [0.25, 0.3) is 0 Å². The Morgan fingerprint density at radius 3 is 2.52 bits per heavy atom. The Labute approximate surface area is 136 Å². The maximum atomic E-state index is 12.3. The molecule has 0 unspecified atom stereocenters. The number of fused-ring (bicyclic) bond motifs is 1. The predicted molar refractivity (Wildman–Crippen MR) is 89.0 cm³/mol. The van der Waals surface area contributed by atoms with Gasteiger partial charge in [0.15, 0.2) is 0 Å². The fourth-order valence-corrected chi connectivity index (χ4v) is 3.49. The Bertz CT molecular complexity index is 610. The number of rotatable bonds is 4. The molecule has 1 heterocycles. The standard InChI is InChI=1S/C18H23N3O2/c19-17(22)14-7-3-4-13(10-14)8-9-20-18(23)21-11-15-5-1-2-6-16(15)12-21/h1-4,7,10,15-16H,5-6,8-9,11-12H2,(H2,19,22)(H,20,23)/t15-,16+. The number of amides is 3. The van der Waals surface area contributed by atoms with Gasteiger partial charge in [-0.05, 0) is 48.8 Å². The number of hydrogen-bond donors (Lipinski definition) is 2. The summed E-state index contributed by atoms with van der Waals surface area (Å²) < 4.78 is 0. The van der Waals surface area contributed by atoms with Gasteiger partial charge in [-0.25, -0.2) is 4.79 Å². The predicted octanol–water partition coefficient (Wildman–Crippen LogP) is 1.94. The SMILES string of the molecule is NC(=O)c1cccc(CCNC(=O)N2C[C@H]3CC=CC[C@H]3C2)c1. The molecule has 23 heavy (non-hydrogen) atoms. The van der Waals surface area contributed by atoms with Crippen LogP contribution in [0, 0.1) is 11.8 Å². The highest BCUT2D eigenvalue weighted by Crippen LogP contribution is 2.32. The number of nitrogens with one attached hydrogen (secondary N) is 1. The van der Waals surface area contributed by atoms with Crippen molar-refractivity contribution >= 4 is 11.9 Å². The van der Waals surface area contributed by atoms with Crippen LogP contribution in [0.2, 0.25) is 0 Å². The molecule has 1 aliphatic carbocycles. The molecule has 122 valence electrons. The van der Waals surface area contributed by atoms with Crippen LogP contribution in [0.3, 0.4) is 0 Å². The van der Waals surface area contributed by atoms with Crippen LogP contribution in [-0.2, 0) is 6.42 Å². The number of allylic oxidation sites excluding steroid dienone is 2. The van der Waals surface area contributed by atoms with E-state index in [0.29, 0.717) is 30.4 Å².